The van der Waals surface area contributed by atoms with E-state index < -0.39 is 9.84 Å². The molecule has 1 aromatic rings. The molecule has 0 saturated carbocycles. The molecule has 1 aromatic heterocycles. The average Bonchev–Trinajstić information content (AvgIpc) is 2.64. The predicted octanol–water partition coefficient (Wildman–Crippen LogP) is 0.870. The third-order valence-corrected chi connectivity index (χ3v) is 6.00. The highest BCUT2D eigenvalue weighted by Gasteiger charge is 2.38. The normalized spacial score (nSPS) is 16.2. The van der Waals surface area contributed by atoms with Gasteiger partial charge in [-0.2, -0.15) is 0 Å². The highest BCUT2D eigenvalue weighted by atomic mass is 32.2. The van der Waals surface area contributed by atoms with Crippen molar-refractivity contribution in [2.75, 3.05) is 18.8 Å². The van der Waals surface area contributed by atoms with Crippen LogP contribution in [0.15, 0.2) is 4.52 Å². The van der Waals surface area contributed by atoms with Gasteiger partial charge in [0.15, 0.2) is 9.84 Å². The molecule has 0 N–H and O–H groups in total. The fraction of sp³-hybridized carbons (Fsp3) is 0.692. The second-order valence-electron chi connectivity index (χ2n) is 5.17. The van der Waals surface area contributed by atoms with Crippen molar-refractivity contribution in [3.8, 4) is 0 Å². The van der Waals surface area contributed by atoms with Crippen LogP contribution in [0.5, 0.6) is 0 Å². The summed E-state index contributed by atoms with van der Waals surface area (Å²) in [5, 5.41) is 3.47. The fourth-order valence-corrected chi connectivity index (χ4v) is 3.64. The highest BCUT2D eigenvalue weighted by molar-refractivity contribution is 7.92. The van der Waals surface area contributed by atoms with Gasteiger partial charge in [0.25, 0.3) is 0 Å². The van der Waals surface area contributed by atoms with Gasteiger partial charge in [-0.1, -0.05) is 12.1 Å². The Kier molecular flexibility index (Phi) is 4.17. The molecule has 0 bridgehead atoms. The topological polar surface area (TPSA) is 80.5 Å². The smallest absolute Gasteiger partial charge is 0.222 e. The van der Waals surface area contributed by atoms with Crippen LogP contribution in [0.2, 0.25) is 0 Å². The SMILES string of the molecule is CCS(=O)(=O)C1CN(C(=O)CCc2c(C)noc2C)C1. The zero-order valence-corrected chi connectivity index (χ0v) is 12.9. The number of carbonyl (C=O) groups excluding carboxylic acids is 1. The van der Waals surface area contributed by atoms with E-state index in [0.717, 1.165) is 17.0 Å². The third-order valence-electron chi connectivity index (χ3n) is 3.88. The maximum absolute atomic E-state index is 12.0. The molecule has 0 aliphatic carbocycles. The standard InChI is InChI=1S/C13H20N2O4S/c1-4-20(17,18)11-7-15(8-11)13(16)6-5-12-9(2)14-19-10(12)3/h11H,4-8H2,1-3H3. The zero-order chi connectivity index (χ0) is 14.9. The van der Waals surface area contributed by atoms with Crippen LogP contribution in [-0.2, 0) is 21.1 Å². The van der Waals surface area contributed by atoms with Crippen LogP contribution >= 0.6 is 0 Å². The van der Waals surface area contributed by atoms with Gasteiger partial charge in [-0.25, -0.2) is 8.42 Å². The fourth-order valence-electron chi connectivity index (χ4n) is 2.35. The van der Waals surface area contributed by atoms with E-state index in [1.54, 1.807) is 11.8 Å². The van der Waals surface area contributed by atoms with Crippen molar-refractivity contribution in [3.63, 3.8) is 0 Å². The second-order valence-corrected chi connectivity index (χ2v) is 7.74. The van der Waals surface area contributed by atoms with Crippen molar-refractivity contribution >= 4 is 15.7 Å². The molecule has 0 unspecified atom stereocenters. The summed E-state index contributed by atoms with van der Waals surface area (Å²) < 4.78 is 28.3. The Hall–Kier alpha value is -1.37. The summed E-state index contributed by atoms with van der Waals surface area (Å²) in [6.45, 7) is 5.97. The Labute approximate surface area is 119 Å². The van der Waals surface area contributed by atoms with Crippen LogP contribution in [0.1, 0.15) is 30.4 Å². The Morgan fingerprint density at radius 3 is 2.55 bits per heavy atom. The molecule has 20 heavy (non-hydrogen) atoms. The van der Waals surface area contributed by atoms with Gasteiger partial charge in [-0.05, 0) is 20.3 Å². The van der Waals surface area contributed by atoms with Crippen molar-refractivity contribution in [2.45, 2.75) is 38.9 Å². The summed E-state index contributed by atoms with van der Waals surface area (Å²) in [5.41, 5.74) is 1.78. The lowest BCUT2D eigenvalue weighted by Gasteiger charge is -2.38. The Morgan fingerprint density at radius 2 is 2.05 bits per heavy atom. The van der Waals surface area contributed by atoms with Crippen molar-refractivity contribution in [1.82, 2.24) is 10.1 Å². The Morgan fingerprint density at radius 1 is 1.40 bits per heavy atom. The van der Waals surface area contributed by atoms with Gasteiger partial charge >= 0.3 is 0 Å². The molecular weight excluding hydrogens is 280 g/mol. The minimum absolute atomic E-state index is 0.00690. The number of likely N-dealkylation sites (tertiary alicyclic amines) is 1. The molecule has 0 spiro atoms. The van der Waals surface area contributed by atoms with E-state index in [9.17, 15) is 13.2 Å². The number of rotatable bonds is 5. The predicted molar refractivity (Wildman–Crippen MR) is 74.1 cm³/mol. The molecule has 112 valence electrons. The van der Waals surface area contributed by atoms with Crippen LogP contribution in [0.4, 0.5) is 0 Å². The third kappa shape index (κ3) is 2.87. The minimum Gasteiger partial charge on any atom is -0.361 e. The zero-order valence-electron chi connectivity index (χ0n) is 12.0. The van der Waals surface area contributed by atoms with E-state index in [1.165, 1.54) is 0 Å². The lowest BCUT2D eigenvalue weighted by Crippen LogP contribution is -2.57. The van der Waals surface area contributed by atoms with Crippen molar-refractivity contribution in [1.29, 1.82) is 0 Å². The molecule has 7 heteroatoms. The van der Waals surface area contributed by atoms with E-state index in [-0.39, 0.29) is 16.9 Å². The number of aryl methyl sites for hydroxylation is 2. The number of aromatic nitrogens is 1. The lowest BCUT2D eigenvalue weighted by molar-refractivity contribution is -0.134. The lowest BCUT2D eigenvalue weighted by atomic mass is 10.1. The van der Waals surface area contributed by atoms with Crippen molar-refractivity contribution in [3.05, 3.63) is 17.0 Å². The second kappa shape index (κ2) is 5.55. The first-order chi connectivity index (χ1) is 9.35. The molecule has 1 amide bonds. The molecule has 1 aliphatic heterocycles. The molecule has 6 nitrogen and oxygen atoms in total. The van der Waals surface area contributed by atoms with E-state index in [4.69, 9.17) is 4.52 Å². The number of hydrogen-bond acceptors (Lipinski definition) is 5. The van der Waals surface area contributed by atoms with Gasteiger partial charge in [0.05, 0.1) is 10.9 Å². The van der Waals surface area contributed by atoms with Gasteiger partial charge < -0.3 is 9.42 Å². The number of nitrogens with zero attached hydrogens (tertiary/aromatic N) is 2. The van der Waals surface area contributed by atoms with E-state index in [2.05, 4.69) is 5.16 Å². The highest BCUT2D eigenvalue weighted by Crippen LogP contribution is 2.20. The summed E-state index contributed by atoms with van der Waals surface area (Å²) in [6.07, 6.45) is 0.948. The summed E-state index contributed by atoms with van der Waals surface area (Å²) >= 11 is 0. The molecule has 0 aromatic carbocycles. The number of amides is 1. The Balaban J connectivity index is 1.84. The number of carbonyl (C=O) groups is 1. The molecular formula is C13H20N2O4S. The first kappa shape index (κ1) is 15.0. The van der Waals surface area contributed by atoms with Crippen LogP contribution in [0, 0.1) is 13.8 Å². The monoisotopic (exact) mass is 300 g/mol. The van der Waals surface area contributed by atoms with E-state index in [1.807, 2.05) is 13.8 Å². The largest absolute Gasteiger partial charge is 0.361 e. The summed E-state index contributed by atoms with van der Waals surface area (Å²) in [7, 11) is -3.02. The molecule has 1 fully saturated rings. The molecule has 2 heterocycles. The summed E-state index contributed by atoms with van der Waals surface area (Å²) in [5.74, 6) is 0.872. The molecule has 1 saturated heterocycles. The van der Waals surface area contributed by atoms with Gasteiger partial charge in [-0.3, -0.25) is 4.79 Å². The van der Waals surface area contributed by atoms with Crippen LogP contribution < -0.4 is 0 Å². The molecule has 2 rings (SSSR count). The Bertz CT molecular complexity index is 580. The quantitative estimate of drug-likeness (QED) is 0.806. The van der Waals surface area contributed by atoms with Gasteiger partial charge in [0, 0.05) is 30.8 Å². The van der Waals surface area contributed by atoms with Crippen LogP contribution in [0.25, 0.3) is 0 Å². The van der Waals surface area contributed by atoms with Gasteiger partial charge in [-0.15, -0.1) is 0 Å². The number of sulfone groups is 1. The molecule has 0 radical (unpaired) electrons. The first-order valence-corrected chi connectivity index (χ1v) is 8.47. The van der Waals surface area contributed by atoms with Crippen LogP contribution in [0.3, 0.4) is 0 Å². The van der Waals surface area contributed by atoms with E-state index >= 15 is 0 Å². The van der Waals surface area contributed by atoms with Crippen LogP contribution in [-0.4, -0.2) is 48.5 Å². The van der Waals surface area contributed by atoms with E-state index in [0.29, 0.717) is 25.9 Å². The van der Waals surface area contributed by atoms with Crippen molar-refractivity contribution < 1.29 is 17.7 Å². The minimum atomic E-state index is -3.02. The first-order valence-electron chi connectivity index (χ1n) is 6.76. The average molecular weight is 300 g/mol. The number of hydrogen-bond donors (Lipinski definition) is 0. The van der Waals surface area contributed by atoms with Gasteiger partial charge in [0.1, 0.15) is 5.76 Å². The summed E-state index contributed by atoms with van der Waals surface area (Å²) in [6, 6.07) is 0. The van der Waals surface area contributed by atoms with Crippen molar-refractivity contribution in [2.24, 2.45) is 0 Å². The molecule has 1 aliphatic rings. The summed E-state index contributed by atoms with van der Waals surface area (Å²) in [4.78, 5) is 13.6. The maximum atomic E-state index is 12.0. The maximum Gasteiger partial charge on any atom is 0.222 e. The van der Waals surface area contributed by atoms with Gasteiger partial charge in [0.2, 0.25) is 5.91 Å². The molecule has 0 atom stereocenters.